The summed E-state index contributed by atoms with van der Waals surface area (Å²) in [5, 5.41) is 2.99. The third-order valence-electron chi connectivity index (χ3n) is 3.25. The summed E-state index contributed by atoms with van der Waals surface area (Å²) in [6.07, 6.45) is 3.45. The standard InChI is InChI=1S/C15H24N4O2/c1-11-16-8-5-13(17-11)21-12-6-9-19(10-7-12)14(20)18-15(2,3)4/h5,8,12H,6-7,9-10H2,1-4H3,(H,18,20). The number of carbonyl (C=O) groups is 1. The number of nitrogens with one attached hydrogen (secondary N) is 1. The van der Waals surface area contributed by atoms with Crippen LogP contribution in [0.4, 0.5) is 4.79 Å². The predicted octanol–water partition coefficient (Wildman–Crippen LogP) is 2.14. The van der Waals surface area contributed by atoms with Gasteiger partial charge in [-0.3, -0.25) is 0 Å². The summed E-state index contributed by atoms with van der Waals surface area (Å²) < 4.78 is 5.86. The summed E-state index contributed by atoms with van der Waals surface area (Å²) in [6, 6.07) is 1.77. The number of carbonyl (C=O) groups excluding carboxylic acids is 1. The normalized spacial score (nSPS) is 16.7. The van der Waals surface area contributed by atoms with Crippen molar-refractivity contribution in [3.05, 3.63) is 18.1 Å². The number of likely N-dealkylation sites (tertiary alicyclic amines) is 1. The van der Waals surface area contributed by atoms with Crippen LogP contribution in [-0.4, -0.2) is 45.6 Å². The van der Waals surface area contributed by atoms with Crippen molar-refractivity contribution in [2.45, 2.75) is 52.2 Å². The lowest BCUT2D eigenvalue weighted by Gasteiger charge is -2.34. The lowest BCUT2D eigenvalue weighted by atomic mass is 10.1. The van der Waals surface area contributed by atoms with E-state index in [-0.39, 0.29) is 17.7 Å². The SMILES string of the molecule is Cc1nccc(OC2CCN(C(=O)NC(C)(C)C)CC2)n1. The number of nitrogens with zero attached hydrogens (tertiary/aromatic N) is 3. The van der Waals surface area contributed by atoms with Crippen molar-refractivity contribution in [2.24, 2.45) is 0 Å². The van der Waals surface area contributed by atoms with Gasteiger partial charge in [-0.25, -0.2) is 9.78 Å². The van der Waals surface area contributed by atoms with Gasteiger partial charge in [-0.1, -0.05) is 0 Å². The molecule has 0 spiro atoms. The zero-order valence-corrected chi connectivity index (χ0v) is 13.2. The Morgan fingerprint density at radius 1 is 1.38 bits per heavy atom. The minimum absolute atomic E-state index is 0.00108. The number of urea groups is 1. The molecule has 0 atom stereocenters. The Labute approximate surface area is 125 Å². The van der Waals surface area contributed by atoms with E-state index < -0.39 is 0 Å². The quantitative estimate of drug-likeness (QED) is 0.907. The first kappa shape index (κ1) is 15.5. The van der Waals surface area contributed by atoms with E-state index in [1.807, 2.05) is 32.6 Å². The van der Waals surface area contributed by atoms with E-state index in [9.17, 15) is 4.79 Å². The van der Waals surface area contributed by atoms with Crippen LogP contribution < -0.4 is 10.1 Å². The van der Waals surface area contributed by atoms with Crippen molar-refractivity contribution in [1.29, 1.82) is 0 Å². The smallest absolute Gasteiger partial charge is 0.317 e. The minimum Gasteiger partial charge on any atom is -0.474 e. The molecule has 2 amide bonds. The molecule has 0 radical (unpaired) electrons. The van der Waals surface area contributed by atoms with Crippen molar-refractivity contribution in [1.82, 2.24) is 20.2 Å². The Kier molecular flexibility index (Phi) is 4.65. The lowest BCUT2D eigenvalue weighted by Crippen LogP contribution is -2.51. The molecular formula is C15H24N4O2. The van der Waals surface area contributed by atoms with Gasteiger partial charge in [-0.2, -0.15) is 4.98 Å². The molecule has 0 aliphatic carbocycles. The van der Waals surface area contributed by atoms with E-state index in [2.05, 4.69) is 15.3 Å². The van der Waals surface area contributed by atoms with Gasteiger partial charge in [0.15, 0.2) is 0 Å². The maximum absolute atomic E-state index is 12.1. The summed E-state index contributed by atoms with van der Waals surface area (Å²) in [5.41, 5.74) is -0.205. The maximum atomic E-state index is 12.1. The topological polar surface area (TPSA) is 67.3 Å². The molecule has 1 N–H and O–H groups in total. The summed E-state index contributed by atoms with van der Waals surface area (Å²) in [5.74, 6) is 1.31. The molecule has 2 rings (SSSR count). The molecule has 21 heavy (non-hydrogen) atoms. The van der Waals surface area contributed by atoms with E-state index in [1.165, 1.54) is 0 Å². The minimum atomic E-state index is -0.205. The van der Waals surface area contributed by atoms with E-state index in [4.69, 9.17) is 4.74 Å². The van der Waals surface area contributed by atoms with Crippen molar-refractivity contribution >= 4 is 6.03 Å². The monoisotopic (exact) mass is 292 g/mol. The molecule has 0 aromatic carbocycles. The Morgan fingerprint density at radius 2 is 2.05 bits per heavy atom. The van der Waals surface area contributed by atoms with Crippen LogP contribution in [0.25, 0.3) is 0 Å². The molecule has 1 fully saturated rings. The van der Waals surface area contributed by atoms with Gasteiger partial charge in [-0.05, 0) is 27.7 Å². The van der Waals surface area contributed by atoms with Gasteiger partial charge in [-0.15, -0.1) is 0 Å². The van der Waals surface area contributed by atoms with Crippen LogP contribution >= 0.6 is 0 Å². The fourth-order valence-corrected chi connectivity index (χ4v) is 2.25. The Hall–Kier alpha value is -1.85. The number of hydrogen-bond donors (Lipinski definition) is 1. The highest BCUT2D eigenvalue weighted by molar-refractivity contribution is 5.75. The van der Waals surface area contributed by atoms with Crippen LogP contribution in [0.1, 0.15) is 39.4 Å². The molecule has 1 saturated heterocycles. The van der Waals surface area contributed by atoms with Crippen molar-refractivity contribution < 1.29 is 9.53 Å². The molecule has 1 aliphatic rings. The number of rotatable bonds is 2. The second-order valence-corrected chi connectivity index (χ2v) is 6.43. The molecule has 0 saturated carbocycles. The Balaban J connectivity index is 1.82. The van der Waals surface area contributed by atoms with Gasteiger partial charge in [0, 0.05) is 43.7 Å². The molecule has 2 heterocycles. The van der Waals surface area contributed by atoms with E-state index in [1.54, 1.807) is 12.3 Å². The highest BCUT2D eigenvalue weighted by atomic mass is 16.5. The summed E-state index contributed by atoms with van der Waals surface area (Å²) in [7, 11) is 0. The van der Waals surface area contributed by atoms with Crippen molar-refractivity contribution in [2.75, 3.05) is 13.1 Å². The van der Waals surface area contributed by atoms with Crippen molar-refractivity contribution in [3.8, 4) is 5.88 Å². The third-order valence-corrected chi connectivity index (χ3v) is 3.25. The first-order chi connectivity index (χ1) is 9.83. The molecule has 6 heteroatoms. The van der Waals surface area contributed by atoms with Crippen LogP contribution in [-0.2, 0) is 0 Å². The zero-order chi connectivity index (χ0) is 15.5. The first-order valence-corrected chi connectivity index (χ1v) is 7.37. The molecule has 1 aromatic rings. The van der Waals surface area contributed by atoms with Gasteiger partial charge in [0.25, 0.3) is 0 Å². The maximum Gasteiger partial charge on any atom is 0.317 e. The van der Waals surface area contributed by atoms with Gasteiger partial charge in [0.05, 0.1) is 0 Å². The van der Waals surface area contributed by atoms with E-state index >= 15 is 0 Å². The predicted molar refractivity (Wildman–Crippen MR) is 80.3 cm³/mol. The highest BCUT2D eigenvalue weighted by Crippen LogP contribution is 2.17. The van der Waals surface area contributed by atoms with Crippen LogP contribution in [0, 0.1) is 6.92 Å². The van der Waals surface area contributed by atoms with Crippen LogP contribution in [0.3, 0.4) is 0 Å². The second-order valence-electron chi connectivity index (χ2n) is 6.43. The number of hydrogen-bond acceptors (Lipinski definition) is 4. The number of amides is 2. The van der Waals surface area contributed by atoms with Crippen LogP contribution in [0.2, 0.25) is 0 Å². The summed E-state index contributed by atoms with van der Waals surface area (Å²) >= 11 is 0. The first-order valence-electron chi connectivity index (χ1n) is 7.37. The van der Waals surface area contributed by atoms with Crippen LogP contribution in [0.5, 0.6) is 5.88 Å². The molecule has 1 aliphatic heterocycles. The zero-order valence-electron chi connectivity index (χ0n) is 13.2. The Bertz CT molecular complexity index is 491. The molecule has 0 bridgehead atoms. The number of aromatic nitrogens is 2. The lowest BCUT2D eigenvalue weighted by molar-refractivity contribution is 0.105. The molecule has 1 aromatic heterocycles. The van der Waals surface area contributed by atoms with Gasteiger partial charge >= 0.3 is 6.03 Å². The largest absolute Gasteiger partial charge is 0.474 e. The van der Waals surface area contributed by atoms with Gasteiger partial charge in [0.1, 0.15) is 11.9 Å². The summed E-state index contributed by atoms with van der Waals surface area (Å²) in [4.78, 5) is 22.2. The Morgan fingerprint density at radius 3 is 2.62 bits per heavy atom. The molecule has 116 valence electrons. The fourth-order valence-electron chi connectivity index (χ4n) is 2.25. The van der Waals surface area contributed by atoms with Gasteiger partial charge < -0.3 is 15.0 Å². The number of piperidine rings is 1. The number of ether oxygens (including phenoxy) is 1. The average molecular weight is 292 g/mol. The van der Waals surface area contributed by atoms with Gasteiger partial charge in [0.2, 0.25) is 5.88 Å². The fraction of sp³-hybridized carbons (Fsp3) is 0.667. The van der Waals surface area contributed by atoms with Crippen molar-refractivity contribution in [3.63, 3.8) is 0 Å². The second kappa shape index (κ2) is 6.28. The van der Waals surface area contributed by atoms with Crippen LogP contribution in [0.15, 0.2) is 12.3 Å². The average Bonchev–Trinajstić information content (AvgIpc) is 2.37. The molecule has 6 nitrogen and oxygen atoms in total. The van der Waals surface area contributed by atoms with E-state index in [0.29, 0.717) is 24.8 Å². The molecular weight excluding hydrogens is 268 g/mol. The van der Waals surface area contributed by atoms with E-state index in [0.717, 1.165) is 12.8 Å². The highest BCUT2D eigenvalue weighted by Gasteiger charge is 2.26. The third kappa shape index (κ3) is 4.88. The summed E-state index contributed by atoms with van der Waals surface area (Å²) in [6.45, 7) is 9.20. The molecule has 0 unspecified atom stereocenters. The number of aryl methyl sites for hydroxylation is 1.